The van der Waals surface area contributed by atoms with E-state index in [2.05, 4.69) is 25.7 Å². The Morgan fingerprint density at radius 1 is 1.33 bits per heavy atom. The number of aromatic nitrogens is 6. The fourth-order valence-electron chi connectivity index (χ4n) is 4.26. The maximum Gasteiger partial charge on any atom is 0.281 e. The van der Waals surface area contributed by atoms with E-state index >= 15 is 0 Å². The molecular weight excluding hydrogens is 501 g/mol. The number of sulfonamides is 1. The molecule has 5 rings (SSSR count). The van der Waals surface area contributed by atoms with Crippen LogP contribution in [0.2, 0.25) is 0 Å². The molecule has 3 aromatic heterocycles. The lowest BCUT2D eigenvalue weighted by atomic mass is 10.0. The number of hydrogen-bond donors (Lipinski definition) is 1. The quantitative estimate of drug-likeness (QED) is 0.389. The van der Waals surface area contributed by atoms with Crippen LogP contribution < -0.4 is 10.1 Å². The Balaban J connectivity index is 1.54. The highest BCUT2D eigenvalue weighted by Crippen LogP contribution is 2.34. The second-order valence-electron chi connectivity index (χ2n) is 8.41. The standard InChI is InChI=1S/C21H23F3N8O3S/c1-35-19-18-14(13-3-4-15-16(11-13)31(10-7-22)29-27-15)5-9-32(18)28-20(26-19)25-17-6-8-30(36(2,33)34)12-21(17,23)24/h3-5,9,11,17H,6-8,10,12H2,1-2H3,(H,25,28)/t17-/m1/s1/i1D3. The first-order valence-electron chi connectivity index (χ1n) is 12.3. The van der Waals surface area contributed by atoms with Gasteiger partial charge in [0.2, 0.25) is 21.9 Å². The van der Waals surface area contributed by atoms with Crippen LogP contribution in [-0.4, -0.2) is 87.3 Å². The summed E-state index contributed by atoms with van der Waals surface area (Å²) in [6.45, 7) is -1.81. The van der Waals surface area contributed by atoms with Crippen molar-refractivity contribution in [3.8, 4) is 17.0 Å². The van der Waals surface area contributed by atoms with Crippen LogP contribution in [0, 0.1) is 0 Å². The van der Waals surface area contributed by atoms with Crippen LogP contribution in [0.15, 0.2) is 30.5 Å². The van der Waals surface area contributed by atoms with Gasteiger partial charge in [0, 0.05) is 18.3 Å². The number of halogens is 3. The number of fused-ring (bicyclic) bond motifs is 2. The zero-order chi connectivity index (χ0) is 28.2. The van der Waals surface area contributed by atoms with Crippen LogP contribution in [0.5, 0.6) is 5.88 Å². The van der Waals surface area contributed by atoms with E-state index in [9.17, 15) is 21.6 Å². The summed E-state index contributed by atoms with van der Waals surface area (Å²) in [5.41, 5.74) is 2.26. The number of nitrogens with one attached hydrogen (secondary N) is 1. The van der Waals surface area contributed by atoms with E-state index < -0.39 is 42.2 Å². The molecule has 1 aromatic carbocycles. The fourth-order valence-corrected chi connectivity index (χ4v) is 5.10. The molecule has 15 heteroatoms. The third kappa shape index (κ3) is 4.32. The summed E-state index contributed by atoms with van der Waals surface area (Å²) in [6, 6.07) is 5.16. The van der Waals surface area contributed by atoms with Crippen LogP contribution in [0.3, 0.4) is 0 Å². The average Bonchev–Trinajstić information content (AvgIpc) is 3.43. The van der Waals surface area contributed by atoms with Gasteiger partial charge in [0.15, 0.2) is 0 Å². The lowest BCUT2D eigenvalue weighted by molar-refractivity contribution is -0.0541. The minimum absolute atomic E-state index is 0.00421. The number of rotatable bonds is 7. The minimum atomic E-state index is -3.81. The zero-order valence-corrected chi connectivity index (χ0v) is 19.7. The van der Waals surface area contributed by atoms with Gasteiger partial charge in [-0.25, -0.2) is 30.8 Å². The number of methoxy groups -OCH3 is 1. The van der Waals surface area contributed by atoms with Crippen molar-refractivity contribution in [2.24, 2.45) is 0 Å². The van der Waals surface area contributed by atoms with Crippen molar-refractivity contribution in [2.75, 3.05) is 38.4 Å². The second kappa shape index (κ2) is 8.89. The van der Waals surface area contributed by atoms with Gasteiger partial charge in [-0.2, -0.15) is 9.29 Å². The second-order valence-corrected chi connectivity index (χ2v) is 10.4. The number of piperidine rings is 1. The monoisotopic (exact) mass is 527 g/mol. The maximum absolute atomic E-state index is 14.8. The summed E-state index contributed by atoms with van der Waals surface area (Å²) >= 11 is 0. The number of alkyl halides is 3. The van der Waals surface area contributed by atoms with E-state index in [0.717, 1.165) is 6.26 Å². The van der Waals surface area contributed by atoms with Crippen LogP contribution in [-0.2, 0) is 16.6 Å². The third-order valence-corrected chi connectivity index (χ3v) is 7.28. The molecule has 4 heterocycles. The van der Waals surface area contributed by atoms with Gasteiger partial charge in [-0.15, -0.1) is 10.2 Å². The smallest absolute Gasteiger partial charge is 0.281 e. The predicted octanol–water partition coefficient (Wildman–Crippen LogP) is 2.20. The average molecular weight is 528 g/mol. The Morgan fingerprint density at radius 3 is 2.89 bits per heavy atom. The van der Waals surface area contributed by atoms with Crippen molar-refractivity contribution in [2.45, 2.75) is 24.9 Å². The van der Waals surface area contributed by atoms with E-state index in [1.165, 1.54) is 15.4 Å². The number of ether oxygens (including phenoxy) is 1. The number of aryl methyl sites for hydroxylation is 1. The van der Waals surface area contributed by atoms with Crippen molar-refractivity contribution < 1.29 is 30.4 Å². The molecule has 192 valence electrons. The van der Waals surface area contributed by atoms with Crippen LogP contribution in [0.1, 0.15) is 10.5 Å². The molecule has 4 aromatic rings. The number of hydrogen-bond acceptors (Lipinski definition) is 8. The van der Waals surface area contributed by atoms with Gasteiger partial charge in [-0.3, -0.25) is 0 Å². The van der Waals surface area contributed by atoms with Crippen LogP contribution in [0.25, 0.3) is 27.7 Å². The molecule has 1 saturated heterocycles. The molecule has 1 atom stereocenters. The molecule has 1 aliphatic rings. The molecule has 0 unspecified atom stereocenters. The first-order valence-corrected chi connectivity index (χ1v) is 12.7. The molecular formula is C21H23F3N8O3S. The largest absolute Gasteiger partial charge is 0.479 e. The molecule has 0 saturated carbocycles. The summed E-state index contributed by atoms with van der Waals surface area (Å²) in [4.78, 5) is 4.10. The zero-order valence-electron chi connectivity index (χ0n) is 21.9. The molecule has 0 spiro atoms. The first-order chi connectivity index (χ1) is 18.2. The minimum Gasteiger partial charge on any atom is -0.479 e. The van der Waals surface area contributed by atoms with Gasteiger partial charge in [0.1, 0.15) is 17.7 Å². The molecule has 11 nitrogen and oxygen atoms in total. The van der Waals surface area contributed by atoms with Gasteiger partial charge < -0.3 is 10.1 Å². The lowest BCUT2D eigenvalue weighted by Gasteiger charge is -2.37. The summed E-state index contributed by atoms with van der Waals surface area (Å²) in [5, 5.41) is 14.7. The van der Waals surface area contributed by atoms with Gasteiger partial charge in [-0.05, 0) is 30.2 Å². The molecule has 0 radical (unpaired) electrons. The summed E-state index contributed by atoms with van der Waals surface area (Å²) in [6.07, 6.45) is 2.10. The lowest BCUT2D eigenvalue weighted by Crippen LogP contribution is -2.55. The highest BCUT2D eigenvalue weighted by molar-refractivity contribution is 7.88. The Hall–Kier alpha value is -3.46. The fraction of sp³-hybridized carbons (Fsp3) is 0.429. The van der Waals surface area contributed by atoms with Gasteiger partial charge in [0.05, 0.1) is 42.1 Å². The molecule has 0 aliphatic carbocycles. The van der Waals surface area contributed by atoms with Crippen molar-refractivity contribution >= 4 is 32.5 Å². The molecule has 36 heavy (non-hydrogen) atoms. The van der Waals surface area contributed by atoms with Crippen LogP contribution >= 0.6 is 0 Å². The van der Waals surface area contributed by atoms with E-state index in [-0.39, 0.29) is 36.9 Å². The SMILES string of the molecule is [2H]C([2H])([2H])Oc1nc(N[C@@H]2CCN(S(C)(=O)=O)CC2(F)F)nn2ccc(-c3ccc4nnn(CCF)c4c3)c12. The van der Waals surface area contributed by atoms with Crippen molar-refractivity contribution in [3.63, 3.8) is 0 Å². The summed E-state index contributed by atoms with van der Waals surface area (Å²) in [5.74, 6) is -4.18. The van der Waals surface area contributed by atoms with E-state index in [1.807, 2.05) is 0 Å². The third-order valence-electron chi connectivity index (χ3n) is 6.03. The van der Waals surface area contributed by atoms with Gasteiger partial charge in [-0.1, -0.05) is 11.3 Å². The molecule has 1 N–H and O–H groups in total. The van der Waals surface area contributed by atoms with Crippen molar-refractivity contribution in [3.05, 3.63) is 30.5 Å². The van der Waals surface area contributed by atoms with Gasteiger partial charge >= 0.3 is 0 Å². The number of nitrogens with zero attached hydrogens (tertiary/aromatic N) is 7. The molecule has 1 fully saturated rings. The van der Waals surface area contributed by atoms with Crippen molar-refractivity contribution in [1.82, 2.24) is 33.9 Å². The summed E-state index contributed by atoms with van der Waals surface area (Å²) < 4.78 is 97.4. The van der Waals surface area contributed by atoms with E-state index in [0.29, 0.717) is 26.5 Å². The predicted molar refractivity (Wildman–Crippen MR) is 125 cm³/mol. The van der Waals surface area contributed by atoms with Gasteiger partial charge in [0.25, 0.3) is 5.92 Å². The van der Waals surface area contributed by atoms with Crippen LogP contribution in [0.4, 0.5) is 19.1 Å². The molecule has 0 amide bonds. The highest BCUT2D eigenvalue weighted by atomic mass is 32.2. The maximum atomic E-state index is 14.8. The topological polar surface area (TPSA) is 120 Å². The Morgan fingerprint density at radius 2 is 2.17 bits per heavy atom. The summed E-state index contributed by atoms with van der Waals surface area (Å²) in [7, 11) is -6.73. The number of anilines is 1. The first kappa shape index (κ1) is 20.7. The highest BCUT2D eigenvalue weighted by Gasteiger charge is 2.47. The molecule has 1 aliphatic heterocycles. The van der Waals surface area contributed by atoms with E-state index in [4.69, 9.17) is 8.85 Å². The Kier molecular flexibility index (Phi) is 5.11. The van der Waals surface area contributed by atoms with Crippen molar-refractivity contribution in [1.29, 1.82) is 0 Å². The van der Waals surface area contributed by atoms with E-state index in [1.54, 1.807) is 24.3 Å². The Bertz CT molecular complexity index is 1640. The Labute approximate surface area is 208 Å². The number of benzene rings is 1. The molecule has 0 bridgehead atoms. The normalized spacial score (nSPS) is 20.2.